The molecule has 19 heavy (non-hydrogen) atoms. The van der Waals surface area contributed by atoms with Crippen LogP contribution >= 0.6 is 11.3 Å². The van der Waals surface area contributed by atoms with Crippen molar-refractivity contribution in [2.24, 2.45) is 5.73 Å². The highest BCUT2D eigenvalue weighted by atomic mass is 32.1. The molecule has 0 spiro atoms. The molecule has 0 bridgehead atoms. The molecule has 0 radical (unpaired) electrons. The average molecular weight is 281 g/mol. The van der Waals surface area contributed by atoms with Crippen molar-refractivity contribution in [2.45, 2.75) is 18.9 Å². The Morgan fingerprint density at radius 2 is 2.47 bits per heavy atom. The van der Waals surface area contributed by atoms with Gasteiger partial charge in [-0.25, -0.2) is 9.97 Å². The molecule has 0 saturated carbocycles. The van der Waals surface area contributed by atoms with Crippen molar-refractivity contribution in [1.82, 2.24) is 15.0 Å². The van der Waals surface area contributed by atoms with Crippen LogP contribution in [0.5, 0.6) is 0 Å². The van der Waals surface area contributed by atoms with Gasteiger partial charge in [-0.15, -0.1) is 11.3 Å². The molecule has 2 aromatic heterocycles. The Bertz CT molecular complexity index is 525. The Hall–Kier alpha value is -1.93. The number of aryl methyl sites for hydroxylation is 1. The molecule has 0 aliphatic rings. The number of aromatic amines is 1. The number of nitrogens with zero attached hydrogens (tertiary/aromatic N) is 2. The molecular weight excluding hydrogens is 266 g/mol. The van der Waals surface area contributed by atoms with E-state index in [2.05, 4.69) is 20.3 Å². The van der Waals surface area contributed by atoms with Gasteiger partial charge in [-0.05, 0) is 6.42 Å². The number of aliphatic carboxylic acids is 1. The van der Waals surface area contributed by atoms with E-state index in [9.17, 15) is 4.79 Å². The minimum atomic E-state index is -1.07. The third-order valence-corrected chi connectivity index (χ3v) is 3.35. The van der Waals surface area contributed by atoms with E-state index >= 15 is 0 Å². The molecule has 0 saturated heterocycles. The number of hydrogen-bond acceptors (Lipinski definition) is 6. The molecule has 102 valence electrons. The molecule has 0 aliphatic carbocycles. The second kappa shape index (κ2) is 6.30. The fourth-order valence-electron chi connectivity index (χ4n) is 1.52. The van der Waals surface area contributed by atoms with Crippen LogP contribution in [0.4, 0.5) is 5.13 Å². The normalized spacial score (nSPS) is 12.3. The molecule has 8 heteroatoms. The van der Waals surface area contributed by atoms with E-state index in [4.69, 9.17) is 10.8 Å². The first kappa shape index (κ1) is 13.5. The standard InChI is InChI=1S/C11H15N5O2S/c12-9(10(17)18)7-6-19-11(16-7)15-3-1-2-8-13-4-5-14-8/h4-6,9H,1-3,12H2,(H,13,14)(H,15,16)(H,17,18). The lowest BCUT2D eigenvalue weighted by atomic mass is 10.2. The molecule has 0 aromatic carbocycles. The van der Waals surface area contributed by atoms with Crippen LogP contribution in [0.3, 0.4) is 0 Å². The molecule has 1 unspecified atom stereocenters. The van der Waals surface area contributed by atoms with E-state index in [0.29, 0.717) is 10.8 Å². The fraction of sp³-hybridized carbons (Fsp3) is 0.364. The number of thiazole rings is 1. The summed E-state index contributed by atoms with van der Waals surface area (Å²) >= 11 is 1.35. The van der Waals surface area contributed by atoms with Crippen molar-refractivity contribution in [1.29, 1.82) is 0 Å². The maximum atomic E-state index is 10.7. The number of nitrogens with one attached hydrogen (secondary N) is 2. The molecule has 2 rings (SSSR count). The van der Waals surface area contributed by atoms with Gasteiger partial charge < -0.3 is 21.1 Å². The van der Waals surface area contributed by atoms with Crippen LogP contribution in [0.2, 0.25) is 0 Å². The van der Waals surface area contributed by atoms with E-state index in [1.165, 1.54) is 11.3 Å². The van der Waals surface area contributed by atoms with Crippen molar-refractivity contribution >= 4 is 22.4 Å². The average Bonchev–Trinajstić information content (AvgIpc) is 3.05. The van der Waals surface area contributed by atoms with Crippen molar-refractivity contribution in [3.63, 3.8) is 0 Å². The second-order valence-electron chi connectivity index (χ2n) is 3.96. The Kier molecular flexibility index (Phi) is 4.48. The van der Waals surface area contributed by atoms with Crippen LogP contribution in [-0.4, -0.2) is 32.6 Å². The largest absolute Gasteiger partial charge is 0.480 e. The lowest BCUT2D eigenvalue weighted by Crippen LogP contribution is -2.20. The van der Waals surface area contributed by atoms with Crippen LogP contribution in [0, 0.1) is 0 Å². The number of anilines is 1. The van der Waals surface area contributed by atoms with Gasteiger partial charge in [-0.2, -0.15) is 0 Å². The Labute approximate surface area is 113 Å². The first-order valence-electron chi connectivity index (χ1n) is 5.83. The summed E-state index contributed by atoms with van der Waals surface area (Å²) in [6, 6.07) is -1.06. The summed E-state index contributed by atoms with van der Waals surface area (Å²) < 4.78 is 0. The number of aromatic nitrogens is 3. The van der Waals surface area contributed by atoms with Crippen molar-refractivity contribution in [3.8, 4) is 0 Å². The minimum absolute atomic E-state index is 0.381. The molecule has 0 aliphatic heterocycles. The molecule has 2 heterocycles. The van der Waals surface area contributed by atoms with Gasteiger partial charge in [0.1, 0.15) is 11.9 Å². The number of carboxylic acid groups (broad SMARTS) is 1. The van der Waals surface area contributed by atoms with Gasteiger partial charge in [-0.3, -0.25) is 4.79 Å². The predicted octanol–water partition coefficient (Wildman–Crippen LogP) is 0.995. The lowest BCUT2D eigenvalue weighted by molar-refractivity contribution is -0.138. The summed E-state index contributed by atoms with van der Waals surface area (Å²) in [6.45, 7) is 0.746. The Morgan fingerprint density at radius 1 is 1.63 bits per heavy atom. The Balaban J connectivity index is 1.76. The van der Waals surface area contributed by atoms with E-state index in [1.54, 1.807) is 17.8 Å². The molecule has 7 nitrogen and oxygen atoms in total. The SMILES string of the molecule is NC(C(=O)O)c1csc(NCCCc2ncc[nH]2)n1. The zero-order valence-electron chi connectivity index (χ0n) is 10.2. The van der Waals surface area contributed by atoms with Crippen LogP contribution in [0.25, 0.3) is 0 Å². The smallest absolute Gasteiger partial charge is 0.326 e. The van der Waals surface area contributed by atoms with Crippen LogP contribution in [0.15, 0.2) is 17.8 Å². The highest BCUT2D eigenvalue weighted by molar-refractivity contribution is 7.13. The lowest BCUT2D eigenvalue weighted by Gasteiger charge is -2.02. The van der Waals surface area contributed by atoms with Crippen LogP contribution in [-0.2, 0) is 11.2 Å². The summed E-state index contributed by atoms with van der Waals surface area (Å²) in [5, 5.41) is 14.3. The maximum absolute atomic E-state index is 10.7. The van der Waals surface area contributed by atoms with Gasteiger partial charge in [0.15, 0.2) is 5.13 Å². The van der Waals surface area contributed by atoms with Crippen molar-refractivity contribution in [2.75, 3.05) is 11.9 Å². The number of hydrogen-bond donors (Lipinski definition) is 4. The molecule has 2 aromatic rings. The van der Waals surface area contributed by atoms with Crippen molar-refractivity contribution in [3.05, 3.63) is 29.3 Å². The third kappa shape index (κ3) is 3.76. The van der Waals surface area contributed by atoms with Crippen LogP contribution in [0.1, 0.15) is 24.0 Å². The molecule has 0 amide bonds. The third-order valence-electron chi connectivity index (χ3n) is 2.53. The van der Waals surface area contributed by atoms with Gasteiger partial charge in [0.05, 0.1) is 5.69 Å². The quantitative estimate of drug-likeness (QED) is 0.562. The number of rotatable bonds is 7. The van der Waals surface area contributed by atoms with E-state index in [-0.39, 0.29) is 0 Å². The summed E-state index contributed by atoms with van der Waals surface area (Å²) in [4.78, 5) is 22.0. The van der Waals surface area contributed by atoms with E-state index < -0.39 is 12.0 Å². The summed E-state index contributed by atoms with van der Waals surface area (Å²) in [5.74, 6) is -0.121. The fourth-order valence-corrected chi connectivity index (χ4v) is 2.30. The Morgan fingerprint density at radius 3 is 3.16 bits per heavy atom. The number of carbonyl (C=O) groups is 1. The van der Waals surface area contributed by atoms with Gasteiger partial charge in [0, 0.05) is 30.7 Å². The van der Waals surface area contributed by atoms with E-state index in [0.717, 1.165) is 25.2 Å². The predicted molar refractivity (Wildman–Crippen MR) is 72.1 cm³/mol. The van der Waals surface area contributed by atoms with Gasteiger partial charge >= 0.3 is 5.97 Å². The number of imidazole rings is 1. The summed E-state index contributed by atoms with van der Waals surface area (Å²) in [6.07, 6.45) is 5.28. The monoisotopic (exact) mass is 281 g/mol. The van der Waals surface area contributed by atoms with Gasteiger partial charge in [-0.1, -0.05) is 0 Å². The zero-order chi connectivity index (χ0) is 13.7. The molecule has 5 N–H and O–H groups in total. The summed E-state index contributed by atoms with van der Waals surface area (Å²) in [7, 11) is 0. The highest BCUT2D eigenvalue weighted by Crippen LogP contribution is 2.19. The first-order chi connectivity index (χ1) is 9.16. The second-order valence-corrected chi connectivity index (χ2v) is 4.82. The van der Waals surface area contributed by atoms with Gasteiger partial charge in [0.25, 0.3) is 0 Å². The van der Waals surface area contributed by atoms with Crippen molar-refractivity contribution < 1.29 is 9.90 Å². The first-order valence-corrected chi connectivity index (χ1v) is 6.70. The molecule has 0 fully saturated rings. The number of carboxylic acids is 1. The topological polar surface area (TPSA) is 117 Å². The zero-order valence-corrected chi connectivity index (χ0v) is 11.0. The molecular formula is C11H15N5O2S. The summed E-state index contributed by atoms with van der Waals surface area (Å²) in [5.41, 5.74) is 5.86. The number of nitrogens with two attached hydrogens (primary N) is 1. The van der Waals surface area contributed by atoms with E-state index in [1.807, 2.05) is 0 Å². The number of H-pyrrole nitrogens is 1. The van der Waals surface area contributed by atoms with Gasteiger partial charge in [0.2, 0.25) is 0 Å². The highest BCUT2D eigenvalue weighted by Gasteiger charge is 2.17. The minimum Gasteiger partial charge on any atom is -0.480 e. The molecule has 1 atom stereocenters. The maximum Gasteiger partial charge on any atom is 0.326 e. The van der Waals surface area contributed by atoms with Crippen LogP contribution < -0.4 is 11.1 Å².